The van der Waals surface area contributed by atoms with Crippen LogP contribution in [0.2, 0.25) is 0 Å². The SMILES string of the molecule is Nc1ncc(C(F)F)c(S(N)(=O)=O)c1[N+](=O)[O-]. The standard InChI is InChI=1S/C6H6F2N4O4S/c7-5(8)2-1-11-6(9)3(12(13)14)4(2)17(10,15)16/h1,5H,(H2,9,11)(H2,10,15,16). The molecule has 0 aliphatic carbocycles. The first-order valence-electron chi connectivity index (χ1n) is 3.90. The van der Waals surface area contributed by atoms with Crippen molar-refractivity contribution in [1.29, 1.82) is 0 Å². The van der Waals surface area contributed by atoms with Crippen LogP contribution < -0.4 is 10.9 Å². The lowest BCUT2D eigenvalue weighted by molar-refractivity contribution is -0.387. The fraction of sp³-hybridized carbons (Fsp3) is 0.167. The van der Waals surface area contributed by atoms with E-state index in [2.05, 4.69) is 10.1 Å². The van der Waals surface area contributed by atoms with Gasteiger partial charge in [-0.05, 0) is 0 Å². The maximum Gasteiger partial charge on any atom is 0.331 e. The van der Waals surface area contributed by atoms with E-state index < -0.39 is 43.3 Å². The van der Waals surface area contributed by atoms with Gasteiger partial charge in [0.25, 0.3) is 6.43 Å². The lowest BCUT2D eigenvalue weighted by Crippen LogP contribution is -2.18. The summed E-state index contributed by atoms with van der Waals surface area (Å²) in [5.74, 6) is -0.802. The molecular weight excluding hydrogens is 262 g/mol. The van der Waals surface area contributed by atoms with Gasteiger partial charge in [0.2, 0.25) is 15.8 Å². The average Bonchev–Trinajstić information content (AvgIpc) is 2.14. The first-order valence-corrected chi connectivity index (χ1v) is 5.44. The quantitative estimate of drug-likeness (QED) is 0.590. The number of anilines is 1. The second-order valence-corrected chi connectivity index (χ2v) is 4.38. The molecule has 8 nitrogen and oxygen atoms in total. The van der Waals surface area contributed by atoms with Crippen molar-refractivity contribution in [2.45, 2.75) is 11.3 Å². The zero-order valence-corrected chi connectivity index (χ0v) is 8.82. The Morgan fingerprint density at radius 1 is 1.47 bits per heavy atom. The van der Waals surface area contributed by atoms with Crippen LogP contribution in [0.1, 0.15) is 12.0 Å². The van der Waals surface area contributed by atoms with Crippen LogP contribution in [0, 0.1) is 10.1 Å². The molecule has 0 unspecified atom stereocenters. The molecule has 0 aliphatic heterocycles. The highest BCUT2D eigenvalue weighted by Crippen LogP contribution is 2.35. The second-order valence-electron chi connectivity index (χ2n) is 2.88. The van der Waals surface area contributed by atoms with Crippen LogP contribution in [0.5, 0.6) is 0 Å². The molecule has 94 valence electrons. The van der Waals surface area contributed by atoms with Gasteiger partial charge in [0, 0.05) is 6.20 Å². The monoisotopic (exact) mass is 268 g/mol. The summed E-state index contributed by atoms with van der Waals surface area (Å²) in [4.78, 5) is 11.2. The number of pyridine rings is 1. The third-order valence-electron chi connectivity index (χ3n) is 1.76. The number of nitro groups is 1. The summed E-state index contributed by atoms with van der Waals surface area (Å²) in [5.41, 5.74) is 2.67. The van der Waals surface area contributed by atoms with Crippen LogP contribution in [-0.4, -0.2) is 18.3 Å². The van der Waals surface area contributed by atoms with E-state index in [0.29, 0.717) is 6.20 Å². The third-order valence-corrected chi connectivity index (χ3v) is 2.76. The van der Waals surface area contributed by atoms with Crippen LogP contribution in [0.4, 0.5) is 20.3 Å². The number of halogens is 2. The summed E-state index contributed by atoms with van der Waals surface area (Å²) in [6.45, 7) is 0. The summed E-state index contributed by atoms with van der Waals surface area (Å²) < 4.78 is 47.2. The molecule has 17 heavy (non-hydrogen) atoms. The Hall–Kier alpha value is -1.88. The minimum absolute atomic E-state index is 0.437. The van der Waals surface area contributed by atoms with E-state index in [1.165, 1.54) is 0 Å². The van der Waals surface area contributed by atoms with Crippen molar-refractivity contribution in [3.05, 3.63) is 21.9 Å². The molecular formula is C6H6F2N4O4S. The van der Waals surface area contributed by atoms with E-state index in [-0.39, 0.29) is 0 Å². The number of hydrogen-bond donors (Lipinski definition) is 2. The number of nitrogens with two attached hydrogens (primary N) is 2. The van der Waals surface area contributed by atoms with Crippen molar-refractivity contribution >= 4 is 21.5 Å². The molecule has 0 amide bonds. The fourth-order valence-corrected chi connectivity index (χ4v) is 2.06. The fourth-order valence-electron chi connectivity index (χ4n) is 1.14. The van der Waals surface area contributed by atoms with Gasteiger partial charge < -0.3 is 5.73 Å². The predicted octanol–water partition coefficient (Wildman–Crippen LogP) is 0.157. The van der Waals surface area contributed by atoms with Crippen molar-refractivity contribution in [1.82, 2.24) is 4.98 Å². The number of rotatable bonds is 3. The first-order chi connectivity index (χ1) is 7.66. The Balaban J connectivity index is 3.82. The van der Waals surface area contributed by atoms with Crippen LogP contribution in [0.25, 0.3) is 0 Å². The summed E-state index contributed by atoms with van der Waals surface area (Å²) in [6, 6.07) is 0. The minimum Gasteiger partial charge on any atom is -0.378 e. The van der Waals surface area contributed by atoms with E-state index in [0.717, 1.165) is 0 Å². The van der Waals surface area contributed by atoms with E-state index >= 15 is 0 Å². The van der Waals surface area contributed by atoms with Crippen LogP contribution in [-0.2, 0) is 10.0 Å². The van der Waals surface area contributed by atoms with Crippen LogP contribution in [0.3, 0.4) is 0 Å². The number of hydrogen-bond acceptors (Lipinski definition) is 6. The van der Waals surface area contributed by atoms with Crippen molar-refractivity contribution in [3.8, 4) is 0 Å². The number of alkyl halides is 2. The zero-order valence-electron chi connectivity index (χ0n) is 8.00. The number of aromatic nitrogens is 1. The molecule has 0 fully saturated rings. The molecule has 4 N–H and O–H groups in total. The largest absolute Gasteiger partial charge is 0.378 e. The second kappa shape index (κ2) is 4.18. The third kappa shape index (κ3) is 2.45. The molecule has 0 atom stereocenters. The van der Waals surface area contributed by atoms with Gasteiger partial charge in [-0.25, -0.2) is 27.3 Å². The maximum atomic E-state index is 12.5. The molecule has 1 heterocycles. The van der Waals surface area contributed by atoms with Crippen LogP contribution >= 0.6 is 0 Å². The van der Waals surface area contributed by atoms with Gasteiger partial charge >= 0.3 is 5.69 Å². The number of nitrogens with zero attached hydrogens (tertiary/aromatic N) is 2. The molecule has 1 rings (SSSR count). The Bertz CT molecular complexity index is 574. The van der Waals surface area contributed by atoms with Gasteiger partial charge in [-0.2, -0.15) is 0 Å². The van der Waals surface area contributed by atoms with E-state index in [1.54, 1.807) is 0 Å². The molecule has 0 saturated heterocycles. The van der Waals surface area contributed by atoms with Gasteiger partial charge in [-0.1, -0.05) is 0 Å². The highest BCUT2D eigenvalue weighted by atomic mass is 32.2. The number of primary sulfonamides is 1. The lowest BCUT2D eigenvalue weighted by atomic mass is 10.2. The molecule has 0 saturated carbocycles. The van der Waals surface area contributed by atoms with E-state index in [1.807, 2.05) is 0 Å². The molecule has 1 aromatic rings. The number of sulfonamides is 1. The van der Waals surface area contributed by atoms with E-state index in [4.69, 9.17) is 5.73 Å². The van der Waals surface area contributed by atoms with E-state index in [9.17, 15) is 27.3 Å². The number of nitrogen functional groups attached to an aromatic ring is 1. The zero-order chi connectivity index (χ0) is 13.4. The summed E-state index contributed by atoms with van der Waals surface area (Å²) >= 11 is 0. The molecule has 0 aromatic carbocycles. The van der Waals surface area contributed by atoms with Crippen molar-refractivity contribution in [2.24, 2.45) is 5.14 Å². The highest BCUT2D eigenvalue weighted by molar-refractivity contribution is 7.89. The van der Waals surface area contributed by atoms with Crippen LogP contribution in [0.15, 0.2) is 11.1 Å². The molecule has 0 radical (unpaired) electrons. The Morgan fingerprint density at radius 2 is 2.00 bits per heavy atom. The lowest BCUT2D eigenvalue weighted by Gasteiger charge is -2.08. The molecule has 1 aromatic heterocycles. The summed E-state index contributed by atoms with van der Waals surface area (Å²) in [7, 11) is -4.72. The van der Waals surface area contributed by atoms with Crippen molar-refractivity contribution in [2.75, 3.05) is 5.73 Å². The topological polar surface area (TPSA) is 142 Å². The van der Waals surface area contributed by atoms with Gasteiger partial charge in [0.05, 0.1) is 10.5 Å². The van der Waals surface area contributed by atoms with Crippen molar-refractivity contribution < 1.29 is 22.1 Å². The molecule has 11 heteroatoms. The smallest absolute Gasteiger partial charge is 0.331 e. The summed E-state index contributed by atoms with van der Waals surface area (Å²) in [5, 5.41) is 15.2. The molecule has 0 aliphatic rings. The molecule has 0 spiro atoms. The average molecular weight is 268 g/mol. The maximum absolute atomic E-state index is 12.5. The minimum atomic E-state index is -4.72. The van der Waals surface area contributed by atoms with Gasteiger partial charge in [-0.3, -0.25) is 10.1 Å². The molecule has 0 bridgehead atoms. The van der Waals surface area contributed by atoms with Gasteiger partial charge in [0.15, 0.2) is 4.90 Å². The normalized spacial score (nSPS) is 11.8. The van der Waals surface area contributed by atoms with Gasteiger partial charge in [0.1, 0.15) is 0 Å². The predicted molar refractivity (Wildman–Crippen MR) is 51.6 cm³/mol. The Kier molecular flexibility index (Phi) is 3.24. The van der Waals surface area contributed by atoms with Gasteiger partial charge in [-0.15, -0.1) is 0 Å². The highest BCUT2D eigenvalue weighted by Gasteiger charge is 2.33. The first kappa shape index (κ1) is 13.2. The Labute approximate surface area is 93.4 Å². The summed E-state index contributed by atoms with van der Waals surface area (Å²) in [6.07, 6.45) is -2.85. The Morgan fingerprint density at radius 3 is 2.35 bits per heavy atom. The van der Waals surface area contributed by atoms with Crippen molar-refractivity contribution in [3.63, 3.8) is 0 Å².